The first kappa shape index (κ1) is 13.4. The van der Waals surface area contributed by atoms with E-state index in [9.17, 15) is 19.3 Å². The molecule has 0 saturated heterocycles. The summed E-state index contributed by atoms with van der Waals surface area (Å²) in [5, 5.41) is 19.7. The smallest absolute Gasteiger partial charge is 0.311 e. The summed E-state index contributed by atoms with van der Waals surface area (Å²) < 4.78 is 13.6. The number of carboxylic acids is 1. The molecule has 1 aliphatic carbocycles. The van der Waals surface area contributed by atoms with Crippen molar-refractivity contribution in [3.8, 4) is 0 Å². The van der Waals surface area contributed by atoms with Crippen LogP contribution in [0.4, 0.5) is 10.1 Å². The summed E-state index contributed by atoms with van der Waals surface area (Å²) in [5.41, 5.74) is 4.67. The van der Waals surface area contributed by atoms with Gasteiger partial charge in [-0.2, -0.15) is 0 Å². The number of nitrogens with two attached hydrogens (primary N) is 1. The molecule has 6 nitrogen and oxygen atoms in total. The lowest BCUT2D eigenvalue weighted by atomic mass is 9.91. The highest BCUT2D eigenvalue weighted by atomic mass is 19.1. The molecule has 7 heteroatoms. The van der Waals surface area contributed by atoms with E-state index >= 15 is 0 Å². The first-order chi connectivity index (χ1) is 8.86. The number of rotatable bonds is 5. The minimum absolute atomic E-state index is 0.0280. The Kier molecular flexibility index (Phi) is 3.23. The zero-order valence-electron chi connectivity index (χ0n) is 10.0. The fraction of sp³-hybridized carbons (Fsp3) is 0.417. The highest BCUT2D eigenvalue weighted by Crippen LogP contribution is 2.49. The predicted molar refractivity (Wildman–Crippen MR) is 64.0 cm³/mol. The second-order valence-corrected chi connectivity index (χ2v) is 4.80. The molecule has 0 bridgehead atoms. The molecule has 0 aliphatic heterocycles. The molecule has 1 unspecified atom stereocenters. The molecule has 19 heavy (non-hydrogen) atoms. The Balaban J connectivity index is 2.21. The molecule has 1 aromatic rings. The third kappa shape index (κ3) is 2.41. The summed E-state index contributed by atoms with van der Waals surface area (Å²) >= 11 is 0. The zero-order valence-corrected chi connectivity index (χ0v) is 10.0. The molecule has 0 radical (unpaired) electrons. The van der Waals surface area contributed by atoms with Gasteiger partial charge in [0.25, 0.3) is 5.69 Å². The van der Waals surface area contributed by atoms with E-state index in [1.165, 1.54) is 0 Å². The molecule has 1 saturated carbocycles. The number of nitrogens with zero attached hydrogens (tertiary/aromatic N) is 1. The number of halogens is 1. The first-order valence-electron chi connectivity index (χ1n) is 5.78. The average molecular weight is 268 g/mol. The number of benzene rings is 1. The molecule has 0 aromatic heterocycles. The number of carbonyl (C=O) groups is 1. The molecule has 1 aliphatic rings. The lowest BCUT2D eigenvalue weighted by Gasteiger charge is -2.19. The van der Waals surface area contributed by atoms with Crippen LogP contribution in [0.1, 0.15) is 18.4 Å². The lowest BCUT2D eigenvalue weighted by molar-refractivity contribution is -0.385. The van der Waals surface area contributed by atoms with E-state index in [4.69, 9.17) is 10.8 Å². The van der Waals surface area contributed by atoms with E-state index in [1.54, 1.807) is 0 Å². The van der Waals surface area contributed by atoms with Gasteiger partial charge in [-0.15, -0.1) is 0 Å². The summed E-state index contributed by atoms with van der Waals surface area (Å²) in [5.74, 6) is -1.60. The van der Waals surface area contributed by atoms with Crippen LogP contribution in [0.3, 0.4) is 0 Å². The van der Waals surface area contributed by atoms with Crippen molar-refractivity contribution in [2.45, 2.75) is 25.3 Å². The summed E-state index contributed by atoms with van der Waals surface area (Å²) in [6, 6.07) is 2.42. The summed E-state index contributed by atoms with van der Waals surface area (Å²) in [7, 11) is 0. The molecule has 0 spiro atoms. The van der Waals surface area contributed by atoms with E-state index in [0.717, 1.165) is 18.2 Å². The van der Waals surface area contributed by atoms with Gasteiger partial charge in [0, 0.05) is 18.2 Å². The van der Waals surface area contributed by atoms with Crippen LogP contribution in [0.5, 0.6) is 0 Å². The first-order valence-corrected chi connectivity index (χ1v) is 5.78. The Hall–Kier alpha value is -2.02. The summed E-state index contributed by atoms with van der Waals surface area (Å²) in [6.07, 6.45) is 0.889. The van der Waals surface area contributed by atoms with Crippen LogP contribution < -0.4 is 5.73 Å². The summed E-state index contributed by atoms with van der Waals surface area (Å²) in [4.78, 5) is 21.1. The van der Waals surface area contributed by atoms with Gasteiger partial charge >= 0.3 is 5.97 Å². The van der Waals surface area contributed by atoms with Crippen LogP contribution in [0, 0.1) is 21.3 Å². The van der Waals surface area contributed by atoms with Crippen LogP contribution in [-0.4, -0.2) is 22.0 Å². The van der Waals surface area contributed by atoms with Gasteiger partial charge in [-0.25, -0.2) is 4.39 Å². The van der Waals surface area contributed by atoms with Gasteiger partial charge in [0.15, 0.2) is 0 Å². The Morgan fingerprint density at radius 3 is 2.68 bits per heavy atom. The molecule has 102 valence electrons. The number of non-ortho nitro benzene ring substituents is 1. The second kappa shape index (κ2) is 4.58. The maximum Gasteiger partial charge on any atom is 0.311 e. The summed E-state index contributed by atoms with van der Waals surface area (Å²) in [6.45, 7) is 0. The Morgan fingerprint density at radius 1 is 1.58 bits per heavy atom. The van der Waals surface area contributed by atoms with Crippen LogP contribution in [0.15, 0.2) is 18.2 Å². The molecule has 1 atom stereocenters. The zero-order chi connectivity index (χ0) is 14.2. The normalized spacial score (nSPS) is 17.8. The van der Waals surface area contributed by atoms with Gasteiger partial charge in [0.2, 0.25) is 0 Å². The van der Waals surface area contributed by atoms with Crippen molar-refractivity contribution in [1.82, 2.24) is 0 Å². The van der Waals surface area contributed by atoms with E-state index in [2.05, 4.69) is 0 Å². The van der Waals surface area contributed by atoms with E-state index in [1.807, 2.05) is 0 Å². The quantitative estimate of drug-likeness (QED) is 0.621. The molecule has 3 N–H and O–H groups in total. The fourth-order valence-corrected chi connectivity index (χ4v) is 2.14. The minimum atomic E-state index is -1.00. The molecule has 2 rings (SSSR count). The molecular weight excluding hydrogens is 255 g/mol. The van der Waals surface area contributed by atoms with Crippen molar-refractivity contribution in [2.24, 2.45) is 11.1 Å². The number of carboxylic acid groups (broad SMARTS) is 1. The van der Waals surface area contributed by atoms with Gasteiger partial charge in [-0.1, -0.05) is 0 Å². The van der Waals surface area contributed by atoms with Crippen molar-refractivity contribution < 1.29 is 19.2 Å². The number of aliphatic carboxylic acids is 1. The number of hydrogen-bond donors (Lipinski definition) is 2. The molecule has 1 fully saturated rings. The largest absolute Gasteiger partial charge is 0.481 e. The lowest BCUT2D eigenvalue weighted by Crippen LogP contribution is -2.39. The average Bonchev–Trinajstić information content (AvgIpc) is 3.12. The van der Waals surface area contributed by atoms with Crippen LogP contribution in [0.25, 0.3) is 0 Å². The topological polar surface area (TPSA) is 106 Å². The molecule has 1 aromatic carbocycles. The van der Waals surface area contributed by atoms with Crippen LogP contribution in [-0.2, 0) is 11.2 Å². The maximum absolute atomic E-state index is 13.6. The van der Waals surface area contributed by atoms with Crippen molar-refractivity contribution in [3.05, 3.63) is 39.7 Å². The van der Waals surface area contributed by atoms with Crippen molar-refractivity contribution in [3.63, 3.8) is 0 Å². The predicted octanol–water partition coefficient (Wildman–Crippen LogP) is 1.47. The monoisotopic (exact) mass is 268 g/mol. The van der Waals surface area contributed by atoms with Crippen LogP contribution in [0.2, 0.25) is 0 Å². The third-order valence-electron chi connectivity index (χ3n) is 3.60. The molecular formula is C12H13FN2O4. The van der Waals surface area contributed by atoms with E-state index in [-0.39, 0.29) is 17.7 Å². The van der Waals surface area contributed by atoms with Crippen molar-refractivity contribution in [1.29, 1.82) is 0 Å². The van der Waals surface area contributed by atoms with Gasteiger partial charge in [-0.05, 0) is 30.9 Å². The third-order valence-corrected chi connectivity index (χ3v) is 3.60. The van der Waals surface area contributed by atoms with E-state index in [0.29, 0.717) is 12.8 Å². The Labute approximate surface area is 108 Å². The number of nitro benzene ring substituents is 1. The Morgan fingerprint density at radius 2 is 2.21 bits per heavy atom. The van der Waals surface area contributed by atoms with Crippen molar-refractivity contribution in [2.75, 3.05) is 0 Å². The minimum Gasteiger partial charge on any atom is -0.481 e. The van der Waals surface area contributed by atoms with Gasteiger partial charge in [0.05, 0.1) is 10.3 Å². The van der Waals surface area contributed by atoms with Gasteiger partial charge < -0.3 is 10.8 Å². The van der Waals surface area contributed by atoms with Gasteiger partial charge in [0.1, 0.15) is 5.82 Å². The molecule has 0 heterocycles. The number of nitro groups is 1. The maximum atomic E-state index is 13.6. The van der Waals surface area contributed by atoms with E-state index < -0.39 is 28.2 Å². The standard InChI is InChI=1S/C12H13FN2O4/c13-9-2-1-8(15(18)19)5-7(9)6-10(14)12(3-4-12)11(16)17/h1-2,5,10H,3-4,6,14H2,(H,16,17). The van der Waals surface area contributed by atoms with Gasteiger partial charge in [-0.3, -0.25) is 14.9 Å². The Bertz CT molecular complexity index is 543. The van der Waals surface area contributed by atoms with Crippen molar-refractivity contribution >= 4 is 11.7 Å². The second-order valence-electron chi connectivity index (χ2n) is 4.80. The highest BCUT2D eigenvalue weighted by molar-refractivity contribution is 5.78. The number of hydrogen-bond acceptors (Lipinski definition) is 4. The highest BCUT2D eigenvalue weighted by Gasteiger charge is 2.54. The fourth-order valence-electron chi connectivity index (χ4n) is 2.14. The van der Waals surface area contributed by atoms with Crippen LogP contribution >= 0.6 is 0 Å². The molecule has 0 amide bonds. The SMILES string of the molecule is NC(Cc1cc([N+](=O)[O-])ccc1F)C1(C(=O)O)CC1.